The highest BCUT2D eigenvalue weighted by atomic mass is 16.8. The molecule has 5 aliphatic rings. The van der Waals surface area contributed by atoms with Crippen molar-refractivity contribution < 1.29 is 124 Å². The van der Waals surface area contributed by atoms with Crippen LogP contribution in [0.15, 0.2) is 0 Å². The van der Waals surface area contributed by atoms with Gasteiger partial charge in [-0.2, -0.15) is 0 Å². The van der Waals surface area contributed by atoms with Crippen LogP contribution in [0.5, 0.6) is 0 Å². The van der Waals surface area contributed by atoms with Crippen molar-refractivity contribution in [3.63, 3.8) is 0 Å². The second kappa shape index (κ2) is 19.4. The Bertz CT molecular complexity index is 1170. The van der Waals surface area contributed by atoms with E-state index in [1.54, 1.807) is 0 Å². The highest BCUT2D eigenvalue weighted by Gasteiger charge is 2.56. The van der Waals surface area contributed by atoms with Gasteiger partial charge in [0.1, 0.15) is 122 Å². The molecular formula is C30H52O25. The average Bonchev–Trinajstić information content (AvgIpc) is 3.18. The molecule has 0 aromatic heterocycles. The van der Waals surface area contributed by atoms with Crippen LogP contribution >= 0.6 is 0 Å². The van der Waals surface area contributed by atoms with E-state index in [0.29, 0.717) is 0 Å². The average molecular weight is 813 g/mol. The van der Waals surface area contributed by atoms with Crippen LogP contribution in [0.3, 0.4) is 0 Å². The molecule has 0 bridgehead atoms. The van der Waals surface area contributed by atoms with Gasteiger partial charge in [0, 0.05) is 0 Å². The Labute approximate surface area is 311 Å². The lowest BCUT2D eigenvalue weighted by Crippen LogP contribution is -2.67. The van der Waals surface area contributed by atoms with Gasteiger partial charge in [-0.15, -0.1) is 0 Å². The maximum Gasteiger partial charge on any atom is 0.187 e. The summed E-state index contributed by atoms with van der Waals surface area (Å²) in [7, 11) is 0. The Morgan fingerprint density at radius 2 is 0.618 bits per heavy atom. The van der Waals surface area contributed by atoms with E-state index in [1.807, 2.05) is 0 Å². The second-order valence-electron chi connectivity index (χ2n) is 13.8. The van der Waals surface area contributed by atoms with Gasteiger partial charge in [0.05, 0.1) is 39.6 Å². The van der Waals surface area contributed by atoms with E-state index in [2.05, 4.69) is 0 Å². The molecule has 5 fully saturated rings. The van der Waals surface area contributed by atoms with Crippen LogP contribution in [0.1, 0.15) is 0 Å². The standard InChI is InChI=1S/C30H52O25/c31-1-8-14(38)15(39)19(43)27(48-8)53-24-10(3-33)50-29(21(45)17(24)41)55-26-12(5-35)51-30(22(46)18(26)42)54-25-11(4-34)49-28(20(44)16(25)40)52-23-9(2-32)47-6-7(36)13(23)37/h7-46H,1-6H2. The summed E-state index contributed by atoms with van der Waals surface area (Å²) >= 11 is 0. The molecule has 55 heavy (non-hydrogen) atoms. The molecule has 5 heterocycles. The number of ether oxygens (including phenoxy) is 9. The summed E-state index contributed by atoms with van der Waals surface area (Å²) < 4.78 is 49.5. The highest BCUT2D eigenvalue weighted by molar-refractivity contribution is 4.98. The van der Waals surface area contributed by atoms with Gasteiger partial charge in [-0.25, -0.2) is 0 Å². The van der Waals surface area contributed by atoms with Crippen molar-refractivity contribution in [1.82, 2.24) is 0 Å². The number of aliphatic hydroxyl groups excluding tert-OH is 16. The first-order chi connectivity index (χ1) is 26.1. The Morgan fingerprint density at radius 3 is 0.945 bits per heavy atom. The smallest absolute Gasteiger partial charge is 0.187 e. The molecule has 0 aromatic rings. The fraction of sp³-hybridized carbons (Fsp3) is 1.00. The lowest BCUT2D eigenvalue weighted by molar-refractivity contribution is -0.391. The van der Waals surface area contributed by atoms with E-state index in [-0.39, 0.29) is 6.61 Å². The van der Waals surface area contributed by atoms with Gasteiger partial charge in [-0.3, -0.25) is 0 Å². The minimum absolute atomic E-state index is 0.336. The molecule has 25 heteroatoms. The summed E-state index contributed by atoms with van der Waals surface area (Å²) in [5, 5.41) is 166. The van der Waals surface area contributed by atoms with Gasteiger partial charge in [0.15, 0.2) is 25.2 Å². The molecule has 0 radical (unpaired) electrons. The third kappa shape index (κ3) is 9.26. The summed E-state index contributed by atoms with van der Waals surface area (Å²) in [4.78, 5) is 0. The van der Waals surface area contributed by atoms with Crippen molar-refractivity contribution in [2.75, 3.05) is 39.6 Å². The van der Waals surface area contributed by atoms with Gasteiger partial charge in [-0.1, -0.05) is 0 Å². The highest BCUT2D eigenvalue weighted by Crippen LogP contribution is 2.35. The zero-order chi connectivity index (χ0) is 40.5. The Kier molecular flexibility index (Phi) is 15.9. The van der Waals surface area contributed by atoms with Gasteiger partial charge in [-0.05, 0) is 0 Å². The molecular weight excluding hydrogens is 760 g/mol. The summed E-state index contributed by atoms with van der Waals surface area (Å²) in [5.74, 6) is 0. The molecule has 322 valence electrons. The topological polar surface area (TPSA) is 407 Å². The van der Waals surface area contributed by atoms with Gasteiger partial charge in [0.25, 0.3) is 0 Å². The molecule has 24 unspecified atom stereocenters. The number of aliphatic hydroxyl groups is 16. The molecule has 0 amide bonds. The maximum atomic E-state index is 11.1. The number of hydrogen-bond acceptors (Lipinski definition) is 25. The predicted molar refractivity (Wildman–Crippen MR) is 165 cm³/mol. The molecule has 5 rings (SSSR count). The SMILES string of the molecule is OCC1OC(OC2C(CO)OC(OC3C(CO)OC(OC4C(CO)OC(OC5C(CO)OCC(O)C5O)C(O)C4O)C(O)C3O)C(O)C2O)C(O)C(O)C1O. The first kappa shape index (κ1) is 45.1. The predicted octanol–water partition coefficient (Wildman–Crippen LogP) is -11.2. The van der Waals surface area contributed by atoms with Crippen molar-refractivity contribution in [2.24, 2.45) is 0 Å². The van der Waals surface area contributed by atoms with E-state index < -0.39 is 180 Å². The maximum absolute atomic E-state index is 11.1. The number of hydrogen-bond donors (Lipinski definition) is 16. The van der Waals surface area contributed by atoms with E-state index in [9.17, 15) is 81.7 Å². The lowest BCUT2D eigenvalue weighted by Gasteiger charge is -2.49. The minimum Gasteiger partial charge on any atom is -0.394 e. The van der Waals surface area contributed by atoms with Crippen LogP contribution in [0, 0.1) is 0 Å². The van der Waals surface area contributed by atoms with E-state index in [4.69, 9.17) is 42.6 Å². The lowest BCUT2D eigenvalue weighted by atomic mass is 9.95. The Balaban J connectivity index is 1.22. The van der Waals surface area contributed by atoms with Crippen LogP contribution in [-0.2, 0) is 42.6 Å². The fourth-order valence-electron chi connectivity index (χ4n) is 6.98. The summed E-state index contributed by atoms with van der Waals surface area (Å²) in [6, 6.07) is 0. The molecule has 25 nitrogen and oxygen atoms in total. The summed E-state index contributed by atoms with van der Waals surface area (Å²) in [6.07, 6.45) is -42.1. The van der Waals surface area contributed by atoms with E-state index >= 15 is 0 Å². The zero-order valence-corrected chi connectivity index (χ0v) is 28.9. The third-order valence-corrected chi connectivity index (χ3v) is 10.2. The number of rotatable bonds is 13. The molecule has 0 saturated carbocycles. The quantitative estimate of drug-likeness (QED) is 0.0821. The minimum atomic E-state index is -2.09. The zero-order valence-electron chi connectivity index (χ0n) is 28.9. The second-order valence-corrected chi connectivity index (χ2v) is 13.8. The van der Waals surface area contributed by atoms with E-state index in [1.165, 1.54) is 0 Å². The third-order valence-electron chi connectivity index (χ3n) is 10.2. The molecule has 5 saturated heterocycles. The normalized spacial score (nSPS) is 52.6. The van der Waals surface area contributed by atoms with Crippen LogP contribution in [0.2, 0.25) is 0 Å². The van der Waals surface area contributed by atoms with Gasteiger partial charge >= 0.3 is 0 Å². The van der Waals surface area contributed by atoms with Gasteiger partial charge in [0.2, 0.25) is 0 Å². The van der Waals surface area contributed by atoms with Crippen molar-refractivity contribution in [3.05, 3.63) is 0 Å². The van der Waals surface area contributed by atoms with Crippen molar-refractivity contribution >= 4 is 0 Å². The largest absolute Gasteiger partial charge is 0.394 e. The molecule has 5 aliphatic heterocycles. The Morgan fingerprint density at radius 1 is 0.327 bits per heavy atom. The van der Waals surface area contributed by atoms with Crippen LogP contribution in [0.4, 0.5) is 0 Å². The first-order valence-electron chi connectivity index (χ1n) is 17.5. The molecule has 0 spiro atoms. The first-order valence-corrected chi connectivity index (χ1v) is 17.5. The van der Waals surface area contributed by atoms with Crippen molar-refractivity contribution in [1.29, 1.82) is 0 Å². The van der Waals surface area contributed by atoms with E-state index in [0.717, 1.165) is 0 Å². The van der Waals surface area contributed by atoms with Crippen LogP contribution < -0.4 is 0 Å². The molecule has 16 N–H and O–H groups in total. The van der Waals surface area contributed by atoms with Crippen molar-refractivity contribution in [3.8, 4) is 0 Å². The molecule has 24 atom stereocenters. The monoisotopic (exact) mass is 812 g/mol. The molecule has 0 aromatic carbocycles. The fourth-order valence-corrected chi connectivity index (χ4v) is 6.98. The van der Waals surface area contributed by atoms with Crippen molar-refractivity contribution in [2.45, 2.75) is 147 Å². The summed E-state index contributed by atoms with van der Waals surface area (Å²) in [5.41, 5.74) is 0. The van der Waals surface area contributed by atoms with Crippen LogP contribution in [-0.4, -0.2) is 269 Å². The van der Waals surface area contributed by atoms with Crippen LogP contribution in [0.25, 0.3) is 0 Å². The van der Waals surface area contributed by atoms with Gasteiger partial charge < -0.3 is 124 Å². The Hall–Kier alpha value is -1.00. The molecule has 0 aliphatic carbocycles. The summed E-state index contributed by atoms with van der Waals surface area (Å²) in [6.45, 7) is -4.59.